The van der Waals surface area contributed by atoms with E-state index in [0.717, 1.165) is 23.9 Å². The van der Waals surface area contributed by atoms with Crippen LogP contribution in [0.2, 0.25) is 10.0 Å². The second kappa shape index (κ2) is 10.2. The molecular weight excluding hydrogens is 484 g/mol. The number of halogens is 5. The highest BCUT2D eigenvalue weighted by atomic mass is 35.5. The van der Waals surface area contributed by atoms with Crippen LogP contribution in [-0.4, -0.2) is 15.9 Å². The summed E-state index contributed by atoms with van der Waals surface area (Å²) in [4.78, 5) is 19.3. The number of carbonyl (C=O) groups excluding carboxylic acids is 1. The van der Waals surface area contributed by atoms with Crippen LogP contribution in [-0.2, 0) is 16.7 Å². The Kier molecular flexibility index (Phi) is 7.65. The van der Waals surface area contributed by atoms with Gasteiger partial charge in [-0.2, -0.15) is 13.2 Å². The maximum absolute atomic E-state index is 13.4. The van der Waals surface area contributed by atoms with Gasteiger partial charge in [0.1, 0.15) is 5.82 Å². The normalized spacial score (nSPS) is 11.2. The number of carbonyl (C=O) groups is 1. The van der Waals surface area contributed by atoms with Crippen molar-refractivity contribution in [2.24, 2.45) is 0 Å². The van der Waals surface area contributed by atoms with Crippen molar-refractivity contribution >= 4 is 58.1 Å². The molecule has 1 amide bonds. The molecule has 0 unspecified atom stereocenters. The second-order valence-corrected chi connectivity index (χ2v) is 8.06. The zero-order chi connectivity index (χ0) is 23.3. The summed E-state index contributed by atoms with van der Waals surface area (Å²) in [5.41, 5.74) is 0.331. The molecule has 166 valence electrons. The van der Waals surface area contributed by atoms with E-state index in [1.54, 1.807) is 42.5 Å². The Morgan fingerprint density at radius 2 is 1.72 bits per heavy atom. The molecular formula is C21H15Cl2F3N4OS. The molecule has 0 aliphatic heterocycles. The highest BCUT2D eigenvalue weighted by Crippen LogP contribution is 2.34. The van der Waals surface area contributed by atoms with Gasteiger partial charge in [-0.05, 0) is 42.0 Å². The van der Waals surface area contributed by atoms with Gasteiger partial charge < -0.3 is 10.6 Å². The van der Waals surface area contributed by atoms with E-state index in [0.29, 0.717) is 27.0 Å². The Morgan fingerprint density at radius 1 is 1.06 bits per heavy atom. The van der Waals surface area contributed by atoms with Gasteiger partial charge in [0, 0.05) is 33.2 Å². The summed E-state index contributed by atoms with van der Waals surface area (Å²) in [6.07, 6.45) is -3.56. The lowest BCUT2D eigenvalue weighted by Crippen LogP contribution is -2.11. The minimum atomic E-state index is -4.67. The van der Waals surface area contributed by atoms with Crippen molar-refractivity contribution < 1.29 is 18.0 Å². The van der Waals surface area contributed by atoms with Crippen LogP contribution in [0.5, 0.6) is 0 Å². The van der Waals surface area contributed by atoms with Crippen LogP contribution < -0.4 is 10.6 Å². The Balaban J connectivity index is 1.87. The van der Waals surface area contributed by atoms with Crippen LogP contribution in [0, 0.1) is 0 Å². The topological polar surface area (TPSA) is 66.9 Å². The molecule has 0 fully saturated rings. The molecule has 0 radical (unpaired) electrons. The summed E-state index contributed by atoms with van der Waals surface area (Å²) < 4.78 is 40.2. The predicted octanol–water partition coefficient (Wildman–Crippen LogP) is 6.96. The number of alkyl halides is 3. The van der Waals surface area contributed by atoms with Crippen molar-refractivity contribution in [3.05, 3.63) is 82.5 Å². The predicted molar refractivity (Wildman–Crippen MR) is 122 cm³/mol. The fourth-order valence-electron chi connectivity index (χ4n) is 2.52. The minimum absolute atomic E-state index is 0.0627. The molecule has 0 atom stereocenters. The van der Waals surface area contributed by atoms with Crippen LogP contribution in [0.4, 0.5) is 30.4 Å². The first kappa shape index (κ1) is 23.9. The third-order valence-electron chi connectivity index (χ3n) is 3.99. The van der Waals surface area contributed by atoms with E-state index >= 15 is 0 Å². The molecule has 0 saturated carbocycles. The van der Waals surface area contributed by atoms with E-state index < -0.39 is 17.8 Å². The quantitative estimate of drug-likeness (QED) is 0.209. The van der Waals surface area contributed by atoms with Crippen molar-refractivity contribution in [1.82, 2.24) is 9.97 Å². The number of aromatic nitrogens is 2. The Morgan fingerprint density at radius 3 is 2.38 bits per heavy atom. The monoisotopic (exact) mass is 498 g/mol. The number of hydrogen-bond acceptors (Lipinski definition) is 5. The van der Waals surface area contributed by atoms with E-state index in [9.17, 15) is 18.0 Å². The summed E-state index contributed by atoms with van der Waals surface area (Å²) >= 11 is 13.2. The van der Waals surface area contributed by atoms with Gasteiger partial charge in [-0.1, -0.05) is 53.7 Å². The molecule has 2 N–H and O–H groups in total. The molecule has 1 aromatic heterocycles. The third kappa shape index (κ3) is 6.38. The van der Waals surface area contributed by atoms with Crippen LogP contribution in [0.1, 0.15) is 11.3 Å². The van der Waals surface area contributed by atoms with Crippen molar-refractivity contribution in [3.8, 4) is 0 Å². The largest absolute Gasteiger partial charge is 0.433 e. The van der Waals surface area contributed by atoms with E-state index in [1.807, 2.05) is 0 Å². The number of thioether (sulfide) groups is 1. The molecule has 11 heteroatoms. The molecule has 3 rings (SSSR count). The smallest absolute Gasteiger partial charge is 0.340 e. The zero-order valence-corrected chi connectivity index (χ0v) is 18.5. The van der Waals surface area contributed by atoms with Crippen LogP contribution in [0.3, 0.4) is 0 Å². The lowest BCUT2D eigenvalue weighted by Gasteiger charge is -2.13. The molecule has 0 saturated heterocycles. The van der Waals surface area contributed by atoms with Crippen molar-refractivity contribution in [2.45, 2.75) is 17.1 Å². The summed E-state index contributed by atoms with van der Waals surface area (Å²) in [5.74, 6) is -0.296. The molecule has 5 nitrogen and oxygen atoms in total. The lowest BCUT2D eigenvalue weighted by molar-refractivity contribution is -0.141. The second-order valence-electron chi connectivity index (χ2n) is 6.31. The van der Waals surface area contributed by atoms with Crippen LogP contribution in [0.25, 0.3) is 0 Å². The Bertz CT molecular complexity index is 1140. The number of benzene rings is 2. The van der Waals surface area contributed by atoms with Gasteiger partial charge in [-0.25, -0.2) is 9.97 Å². The first-order valence-corrected chi connectivity index (χ1v) is 10.7. The van der Waals surface area contributed by atoms with Gasteiger partial charge in [-0.15, -0.1) is 0 Å². The third-order valence-corrected chi connectivity index (χ3v) is 5.57. The average Bonchev–Trinajstić information content (AvgIpc) is 2.73. The summed E-state index contributed by atoms with van der Waals surface area (Å²) in [5, 5.41) is 6.08. The molecule has 1 heterocycles. The standard InChI is InChI=1S/C21H15Cl2F3N4OS/c1-2-19(31)28-13-6-3-5-12(9-13)27-18-10-17(21(24,25)26)29-20(30-18)32-11-14-15(22)7-4-8-16(14)23/h2-10H,1,11H2,(H,28,31)(H,27,29,30). The van der Waals surface area contributed by atoms with Crippen molar-refractivity contribution in [1.29, 1.82) is 0 Å². The molecule has 0 aliphatic rings. The summed E-state index contributed by atoms with van der Waals surface area (Å²) in [7, 11) is 0. The highest BCUT2D eigenvalue weighted by Gasteiger charge is 2.34. The van der Waals surface area contributed by atoms with Gasteiger partial charge in [0.2, 0.25) is 5.91 Å². The lowest BCUT2D eigenvalue weighted by atomic mass is 10.2. The fourth-order valence-corrected chi connectivity index (χ4v) is 4.12. The number of nitrogens with one attached hydrogen (secondary N) is 2. The van der Waals surface area contributed by atoms with Crippen molar-refractivity contribution in [3.63, 3.8) is 0 Å². The molecule has 0 spiro atoms. The summed E-state index contributed by atoms with van der Waals surface area (Å²) in [6, 6.07) is 12.2. The average molecular weight is 499 g/mol. The van der Waals surface area contributed by atoms with Gasteiger partial charge in [0.15, 0.2) is 10.9 Å². The highest BCUT2D eigenvalue weighted by molar-refractivity contribution is 7.98. The number of amides is 1. The molecule has 2 aromatic carbocycles. The number of anilines is 3. The maximum Gasteiger partial charge on any atom is 0.433 e. The molecule has 0 aliphatic carbocycles. The number of hydrogen-bond donors (Lipinski definition) is 2. The molecule has 0 bridgehead atoms. The fraction of sp³-hybridized carbons (Fsp3) is 0.0952. The minimum Gasteiger partial charge on any atom is -0.340 e. The first-order chi connectivity index (χ1) is 15.2. The first-order valence-electron chi connectivity index (χ1n) is 8.98. The van der Waals surface area contributed by atoms with E-state index in [2.05, 4.69) is 27.2 Å². The van der Waals surface area contributed by atoms with E-state index in [1.165, 1.54) is 0 Å². The zero-order valence-electron chi connectivity index (χ0n) is 16.2. The summed E-state index contributed by atoms with van der Waals surface area (Å²) in [6.45, 7) is 3.37. The van der Waals surface area contributed by atoms with E-state index in [4.69, 9.17) is 23.2 Å². The molecule has 32 heavy (non-hydrogen) atoms. The Labute approximate surface area is 196 Å². The SMILES string of the molecule is C=CC(=O)Nc1cccc(Nc2cc(C(F)(F)F)nc(SCc3c(Cl)cccc3Cl)n2)c1. The van der Waals surface area contributed by atoms with Crippen molar-refractivity contribution in [2.75, 3.05) is 10.6 Å². The number of rotatable bonds is 7. The van der Waals surface area contributed by atoms with Crippen LogP contribution in [0.15, 0.2) is 66.3 Å². The van der Waals surface area contributed by atoms with Gasteiger partial charge in [0.25, 0.3) is 0 Å². The number of nitrogens with zero attached hydrogens (tertiary/aromatic N) is 2. The van der Waals surface area contributed by atoms with Gasteiger partial charge >= 0.3 is 6.18 Å². The molecule has 3 aromatic rings. The maximum atomic E-state index is 13.4. The van der Waals surface area contributed by atoms with Gasteiger partial charge in [-0.3, -0.25) is 4.79 Å². The van der Waals surface area contributed by atoms with Gasteiger partial charge in [0.05, 0.1) is 0 Å². The van der Waals surface area contributed by atoms with E-state index in [-0.39, 0.29) is 16.7 Å². The Hall–Kier alpha value is -2.75. The van der Waals surface area contributed by atoms with Crippen LogP contribution >= 0.6 is 35.0 Å².